The molecule has 6 heteroatoms. The lowest BCUT2D eigenvalue weighted by Gasteiger charge is -2.01. The smallest absolute Gasteiger partial charge is 0.243 e. The number of rotatable bonds is 3. The second-order valence-electron chi connectivity index (χ2n) is 2.32. The van der Waals surface area contributed by atoms with Crippen LogP contribution in [0.4, 0.5) is 0 Å². The van der Waals surface area contributed by atoms with Gasteiger partial charge in [0.25, 0.3) is 0 Å². The number of primary amides is 1. The molecule has 1 aromatic heterocycles. The molecule has 5 nitrogen and oxygen atoms in total. The van der Waals surface area contributed by atoms with Crippen molar-refractivity contribution in [3.8, 4) is 0 Å². The number of nitrogens with two attached hydrogens (primary N) is 1. The summed E-state index contributed by atoms with van der Waals surface area (Å²) in [4.78, 5) is 10.5. The lowest BCUT2D eigenvalue weighted by atomic mass is 10.2. The molecule has 0 aliphatic carbocycles. The molecule has 1 heterocycles. The second kappa shape index (κ2) is 3.59. The number of amides is 1. The number of nitrogens with zero attached hydrogens (tertiary/aromatic N) is 1. The van der Waals surface area contributed by atoms with Gasteiger partial charge in [-0.1, -0.05) is 0 Å². The van der Waals surface area contributed by atoms with Crippen LogP contribution in [0.5, 0.6) is 0 Å². The lowest BCUT2D eigenvalue weighted by Crippen LogP contribution is -2.15. The number of hydrogen-bond acceptors (Lipinski definition) is 3. The predicted molar refractivity (Wildman–Crippen MR) is 43.8 cm³/mol. The normalized spacial score (nSPS) is 12.8. The third kappa shape index (κ3) is 1.99. The van der Waals surface area contributed by atoms with Crippen LogP contribution in [-0.4, -0.2) is 26.9 Å². The van der Waals surface area contributed by atoms with Crippen molar-refractivity contribution in [2.45, 2.75) is 11.4 Å². The maximum absolute atomic E-state index is 11.0. The number of nitrogens with one attached hydrogen (secondary N) is 1. The third-order valence-electron chi connectivity index (χ3n) is 1.33. The van der Waals surface area contributed by atoms with Gasteiger partial charge in [0.2, 0.25) is 10.9 Å². The number of aromatic nitrogens is 2. The maximum atomic E-state index is 11.0. The molecule has 0 aliphatic heterocycles. The topological polar surface area (TPSA) is 94.8 Å². The van der Waals surface area contributed by atoms with Gasteiger partial charge in [0.05, 0.1) is 18.2 Å². The van der Waals surface area contributed by atoms with Gasteiger partial charge in [-0.2, -0.15) is 5.10 Å². The van der Waals surface area contributed by atoms with Crippen LogP contribution in [0, 0.1) is 0 Å². The van der Waals surface area contributed by atoms with E-state index in [9.17, 15) is 9.35 Å². The molecule has 0 radical (unpaired) electrons. The molecule has 1 rings (SSSR count). The predicted octanol–water partition coefficient (Wildman–Crippen LogP) is -0.825. The molecule has 0 aromatic carbocycles. The Balaban J connectivity index is 2.84. The minimum absolute atomic E-state index is 0.0748. The first kappa shape index (κ1) is 9.08. The summed E-state index contributed by atoms with van der Waals surface area (Å²) in [6.45, 7) is 0. The van der Waals surface area contributed by atoms with Crippen molar-refractivity contribution in [1.82, 2.24) is 10.2 Å². The molecule has 1 amide bonds. The number of carbonyl (C=O) groups excluding carboxylic acids is 1. The van der Waals surface area contributed by atoms with Crippen molar-refractivity contribution in [2.75, 3.05) is 6.26 Å². The fourth-order valence-electron chi connectivity index (χ4n) is 0.862. The van der Waals surface area contributed by atoms with E-state index in [-0.39, 0.29) is 6.42 Å². The average molecular weight is 187 g/mol. The molecule has 0 fully saturated rings. The van der Waals surface area contributed by atoms with Gasteiger partial charge in [0.1, 0.15) is 6.26 Å². The van der Waals surface area contributed by atoms with Crippen LogP contribution in [0.2, 0.25) is 0 Å². The second-order valence-corrected chi connectivity index (χ2v) is 3.64. The van der Waals surface area contributed by atoms with E-state index in [0.29, 0.717) is 10.6 Å². The van der Waals surface area contributed by atoms with Gasteiger partial charge >= 0.3 is 0 Å². The summed E-state index contributed by atoms with van der Waals surface area (Å²) in [7, 11) is 0. The first-order chi connectivity index (χ1) is 5.61. The minimum Gasteiger partial charge on any atom is -0.610 e. The Morgan fingerprint density at radius 3 is 3.08 bits per heavy atom. The van der Waals surface area contributed by atoms with Crippen LogP contribution in [-0.2, 0) is 22.4 Å². The molecule has 3 N–H and O–H groups in total. The van der Waals surface area contributed by atoms with E-state index in [1.807, 2.05) is 0 Å². The van der Waals surface area contributed by atoms with E-state index in [0.717, 1.165) is 0 Å². The van der Waals surface area contributed by atoms with Crippen molar-refractivity contribution < 1.29 is 9.35 Å². The van der Waals surface area contributed by atoms with Gasteiger partial charge in [-0.25, -0.2) is 5.10 Å². The molecule has 1 aromatic rings. The monoisotopic (exact) mass is 187 g/mol. The van der Waals surface area contributed by atoms with Crippen molar-refractivity contribution in [3.63, 3.8) is 0 Å². The van der Waals surface area contributed by atoms with E-state index < -0.39 is 17.1 Å². The summed E-state index contributed by atoms with van der Waals surface area (Å²) in [5.41, 5.74) is 5.57. The molecule has 0 bridgehead atoms. The Bertz CT molecular complexity index is 284. The quantitative estimate of drug-likeness (QED) is 0.605. The highest BCUT2D eigenvalue weighted by atomic mass is 32.2. The lowest BCUT2D eigenvalue weighted by molar-refractivity contribution is -0.117. The Kier molecular flexibility index (Phi) is 2.72. The number of hydrogen-bond donors (Lipinski definition) is 2. The summed E-state index contributed by atoms with van der Waals surface area (Å²) >= 11 is -1.15. The van der Waals surface area contributed by atoms with Crippen LogP contribution >= 0.6 is 0 Å². The van der Waals surface area contributed by atoms with Gasteiger partial charge in [-0.15, -0.1) is 0 Å². The van der Waals surface area contributed by atoms with E-state index in [1.165, 1.54) is 12.5 Å². The van der Waals surface area contributed by atoms with Crippen LogP contribution in [0.25, 0.3) is 0 Å². The molecule has 1 unspecified atom stereocenters. The SMILES string of the molecule is C[S+]([O-])c1[nH]ncc1CC(N)=O. The van der Waals surface area contributed by atoms with Gasteiger partial charge in [0, 0.05) is 11.2 Å². The summed E-state index contributed by atoms with van der Waals surface area (Å²) in [5.74, 6) is -0.455. The van der Waals surface area contributed by atoms with Crippen molar-refractivity contribution in [2.24, 2.45) is 5.73 Å². The Morgan fingerprint density at radius 1 is 1.92 bits per heavy atom. The molecule has 0 aliphatic rings. The molecular weight excluding hydrogens is 178 g/mol. The highest BCUT2D eigenvalue weighted by Gasteiger charge is 2.15. The first-order valence-corrected chi connectivity index (χ1v) is 4.81. The van der Waals surface area contributed by atoms with Crippen molar-refractivity contribution in [1.29, 1.82) is 0 Å². The van der Waals surface area contributed by atoms with Crippen LogP contribution in [0.15, 0.2) is 11.2 Å². The van der Waals surface area contributed by atoms with Crippen LogP contribution < -0.4 is 5.73 Å². The van der Waals surface area contributed by atoms with Gasteiger partial charge in [-0.05, 0) is 0 Å². The van der Waals surface area contributed by atoms with Crippen LogP contribution in [0.3, 0.4) is 0 Å². The summed E-state index contributed by atoms with van der Waals surface area (Å²) < 4.78 is 11.0. The zero-order chi connectivity index (χ0) is 9.14. The fourth-order valence-corrected chi connectivity index (χ4v) is 1.54. The molecule has 66 valence electrons. The molecule has 0 saturated heterocycles. The molecule has 0 saturated carbocycles. The first-order valence-electron chi connectivity index (χ1n) is 3.25. The summed E-state index contributed by atoms with van der Waals surface area (Å²) in [6.07, 6.45) is 3.05. The maximum Gasteiger partial charge on any atom is 0.243 e. The van der Waals surface area contributed by atoms with E-state index in [2.05, 4.69) is 10.2 Å². The molecular formula is C6H9N3O2S. The number of carbonyl (C=O) groups is 1. The standard InChI is InChI=1S/C6H9N3O2S/c1-12(11)6-4(2-5(7)10)3-8-9-6/h3H,2H2,1H3,(H2,7,10)(H,8,9). The largest absolute Gasteiger partial charge is 0.610 e. The minimum atomic E-state index is -1.15. The van der Waals surface area contributed by atoms with Crippen molar-refractivity contribution in [3.05, 3.63) is 11.8 Å². The van der Waals surface area contributed by atoms with E-state index >= 15 is 0 Å². The number of aromatic amines is 1. The summed E-state index contributed by atoms with van der Waals surface area (Å²) in [6, 6.07) is 0. The highest BCUT2D eigenvalue weighted by Crippen LogP contribution is 2.11. The van der Waals surface area contributed by atoms with Crippen molar-refractivity contribution >= 4 is 17.1 Å². The number of H-pyrrole nitrogens is 1. The Hall–Kier alpha value is -1.01. The highest BCUT2D eigenvalue weighted by molar-refractivity contribution is 7.90. The molecule has 0 spiro atoms. The molecule has 1 atom stereocenters. The summed E-state index contributed by atoms with van der Waals surface area (Å²) in [5, 5.41) is 6.69. The van der Waals surface area contributed by atoms with Crippen LogP contribution in [0.1, 0.15) is 5.56 Å². The van der Waals surface area contributed by atoms with E-state index in [4.69, 9.17) is 5.73 Å². The van der Waals surface area contributed by atoms with Gasteiger partial charge < -0.3 is 10.3 Å². The molecule has 12 heavy (non-hydrogen) atoms. The fraction of sp³-hybridized carbons (Fsp3) is 0.333. The Morgan fingerprint density at radius 2 is 2.58 bits per heavy atom. The van der Waals surface area contributed by atoms with Gasteiger partial charge in [-0.3, -0.25) is 4.79 Å². The zero-order valence-electron chi connectivity index (χ0n) is 6.53. The van der Waals surface area contributed by atoms with Gasteiger partial charge in [0.15, 0.2) is 0 Å². The Labute approximate surface area is 72.5 Å². The third-order valence-corrected chi connectivity index (χ3v) is 2.26. The average Bonchev–Trinajstić information content (AvgIpc) is 2.33. The zero-order valence-corrected chi connectivity index (χ0v) is 7.35. The van der Waals surface area contributed by atoms with E-state index in [1.54, 1.807) is 0 Å².